The number of rotatable bonds is 10. The maximum atomic E-state index is 10.9. The van der Waals surface area contributed by atoms with Gasteiger partial charge in [0.25, 0.3) is 0 Å². The van der Waals surface area contributed by atoms with Gasteiger partial charge in [-0.25, -0.2) is 14.8 Å². The molecule has 0 aliphatic carbocycles. The lowest BCUT2D eigenvalue weighted by atomic mass is 10.1. The highest BCUT2D eigenvalue weighted by Crippen LogP contribution is 2.16. The fraction of sp³-hybridized carbons (Fsp3) is 0.450. The predicted octanol–water partition coefficient (Wildman–Crippen LogP) is 5.56. The quantitative estimate of drug-likeness (QED) is 0.562. The molecule has 2 rings (SSSR count). The third-order valence-electron chi connectivity index (χ3n) is 4.16. The molecule has 0 saturated carbocycles. The second-order valence-corrected chi connectivity index (χ2v) is 6.17. The first-order valence-electron chi connectivity index (χ1n) is 8.85. The monoisotopic (exact) mass is 362 g/mol. The lowest BCUT2D eigenvalue weighted by Crippen LogP contribution is -1.96. The highest BCUT2D eigenvalue weighted by atomic mass is 35.5. The first kappa shape index (κ1) is 21.1. The number of halogens is 1. The van der Waals surface area contributed by atoms with Gasteiger partial charge in [-0.1, -0.05) is 57.6 Å². The molecule has 1 aromatic carbocycles. The van der Waals surface area contributed by atoms with Crippen LogP contribution in [-0.4, -0.2) is 21.0 Å². The molecule has 25 heavy (non-hydrogen) atoms. The van der Waals surface area contributed by atoms with Crippen LogP contribution in [0, 0.1) is 0 Å². The minimum absolute atomic E-state index is 0. The number of unbranched alkanes of at least 4 members (excludes halogenated alkanes) is 6. The van der Waals surface area contributed by atoms with Crippen LogP contribution >= 0.6 is 12.4 Å². The molecule has 0 radical (unpaired) electrons. The van der Waals surface area contributed by atoms with Crippen molar-refractivity contribution in [2.45, 2.75) is 58.3 Å². The normalized spacial score (nSPS) is 10.3. The van der Waals surface area contributed by atoms with Gasteiger partial charge < -0.3 is 5.11 Å². The van der Waals surface area contributed by atoms with Gasteiger partial charge in [-0.05, 0) is 30.5 Å². The zero-order chi connectivity index (χ0) is 17.2. The number of carbonyl (C=O) groups is 1. The molecular formula is C20H27ClN2O2. The summed E-state index contributed by atoms with van der Waals surface area (Å²) in [6.07, 6.45) is 13.9. The lowest BCUT2D eigenvalue weighted by Gasteiger charge is -2.04. The molecule has 1 aromatic heterocycles. The zero-order valence-electron chi connectivity index (χ0n) is 14.8. The van der Waals surface area contributed by atoms with Gasteiger partial charge in [0.2, 0.25) is 0 Å². The third kappa shape index (κ3) is 7.22. The Kier molecular flexibility index (Phi) is 9.78. The second kappa shape index (κ2) is 11.6. The van der Waals surface area contributed by atoms with E-state index in [0.717, 1.165) is 17.5 Å². The molecule has 0 fully saturated rings. The predicted molar refractivity (Wildman–Crippen MR) is 103 cm³/mol. The van der Waals surface area contributed by atoms with Crippen molar-refractivity contribution in [3.05, 3.63) is 47.8 Å². The van der Waals surface area contributed by atoms with Gasteiger partial charge in [0.1, 0.15) is 0 Å². The molecule has 0 bridgehead atoms. The summed E-state index contributed by atoms with van der Waals surface area (Å²) in [4.78, 5) is 19.7. The van der Waals surface area contributed by atoms with Crippen LogP contribution in [0.5, 0.6) is 0 Å². The van der Waals surface area contributed by atoms with Crippen LogP contribution in [0.2, 0.25) is 0 Å². The van der Waals surface area contributed by atoms with Crippen LogP contribution in [0.1, 0.15) is 67.8 Å². The first-order chi connectivity index (χ1) is 11.7. The summed E-state index contributed by atoms with van der Waals surface area (Å²) in [5, 5.41) is 8.91. The maximum absolute atomic E-state index is 10.9. The Balaban J connectivity index is 0.00000312. The van der Waals surface area contributed by atoms with Crippen LogP contribution in [0.3, 0.4) is 0 Å². The van der Waals surface area contributed by atoms with Crippen LogP contribution in [0.4, 0.5) is 0 Å². The molecule has 136 valence electrons. The summed E-state index contributed by atoms with van der Waals surface area (Å²) >= 11 is 0. The molecule has 0 saturated heterocycles. The number of aryl methyl sites for hydroxylation is 1. The number of aromatic carboxylic acids is 1. The highest BCUT2D eigenvalue weighted by Gasteiger charge is 2.05. The van der Waals surface area contributed by atoms with Crippen molar-refractivity contribution >= 4 is 18.4 Å². The molecule has 1 heterocycles. The average molecular weight is 363 g/mol. The van der Waals surface area contributed by atoms with Crippen molar-refractivity contribution in [3.63, 3.8) is 0 Å². The number of benzene rings is 1. The zero-order valence-corrected chi connectivity index (χ0v) is 15.6. The van der Waals surface area contributed by atoms with Crippen molar-refractivity contribution in [3.8, 4) is 11.4 Å². The summed E-state index contributed by atoms with van der Waals surface area (Å²) in [6.45, 7) is 2.24. The van der Waals surface area contributed by atoms with E-state index in [1.165, 1.54) is 44.9 Å². The SMILES string of the molecule is CCCCCCCCCc1cnc(-c2ccc(C(=O)O)cc2)nc1.Cl. The number of aromatic nitrogens is 2. The minimum atomic E-state index is -0.924. The van der Waals surface area contributed by atoms with Gasteiger partial charge in [-0.15, -0.1) is 12.4 Å². The highest BCUT2D eigenvalue weighted by molar-refractivity contribution is 5.88. The Labute approximate surface area is 156 Å². The van der Waals surface area contributed by atoms with Crippen LogP contribution in [0.25, 0.3) is 11.4 Å². The van der Waals surface area contributed by atoms with E-state index in [4.69, 9.17) is 5.11 Å². The fourth-order valence-electron chi connectivity index (χ4n) is 2.68. The van der Waals surface area contributed by atoms with Crippen molar-refractivity contribution in [1.82, 2.24) is 9.97 Å². The average Bonchev–Trinajstić information content (AvgIpc) is 2.61. The molecule has 0 aliphatic heterocycles. The third-order valence-corrected chi connectivity index (χ3v) is 4.16. The van der Waals surface area contributed by atoms with Gasteiger partial charge in [0.15, 0.2) is 5.82 Å². The van der Waals surface area contributed by atoms with Crippen LogP contribution < -0.4 is 0 Å². The summed E-state index contributed by atoms with van der Waals surface area (Å²) in [6, 6.07) is 6.64. The molecule has 0 unspecified atom stereocenters. The van der Waals surface area contributed by atoms with E-state index < -0.39 is 5.97 Å². The Bertz CT molecular complexity index is 627. The molecule has 0 atom stereocenters. The smallest absolute Gasteiger partial charge is 0.335 e. The topological polar surface area (TPSA) is 63.1 Å². The van der Waals surface area contributed by atoms with Gasteiger partial charge >= 0.3 is 5.97 Å². The number of carboxylic acids is 1. The standard InChI is InChI=1S/C20H26N2O2.ClH/c1-2-3-4-5-6-7-8-9-16-14-21-19(22-15-16)17-10-12-18(13-11-17)20(23)24;/h10-15H,2-9H2,1H3,(H,23,24);1H. The Hall–Kier alpha value is -1.94. The van der Waals surface area contributed by atoms with Gasteiger partial charge in [0.05, 0.1) is 5.56 Å². The van der Waals surface area contributed by atoms with Gasteiger partial charge in [0, 0.05) is 18.0 Å². The van der Waals surface area contributed by atoms with Crippen molar-refractivity contribution in [2.75, 3.05) is 0 Å². The minimum Gasteiger partial charge on any atom is -0.478 e. The fourth-order valence-corrected chi connectivity index (χ4v) is 2.68. The molecule has 4 nitrogen and oxygen atoms in total. The Morgan fingerprint density at radius 1 is 0.920 bits per heavy atom. The van der Waals surface area contributed by atoms with E-state index in [9.17, 15) is 4.79 Å². The maximum Gasteiger partial charge on any atom is 0.335 e. The summed E-state index contributed by atoms with van der Waals surface area (Å²) in [5.41, 5.74) is 2.27. The molecule has 5 heteroatoms. The van der Waals surface area contributed by atoms with E-state index >= 15 is 0 Å². The lowest BCUT2D eigenvalue weighted by molar-refractivity contribution is 0.0697. The second-order valence-electron chi connectivity index (χ2n) is 6.17. The number of nitrogens with zero attached hydrogens (tertiary/aromatic N) is 2. The molecule has 0 spiro atoms. The molecule has 0 aliphatic rings. The van der Waals surface area contributed by atoms with Crippen molar-refractivity contribution < 1.29 is 9.90 Å². The van der Waals surface area contributed by atoms with Crippen molar-refractivity contribution in [1.29, 1.82) is 0 Å². The van der Waals surface area contributed by atoms with E-state index in [0.29, 0.717) is 5.82 Å². The Morgan fingerprint density at radius 3 is 2.04 bits per heavy atom. The van der Waals surface area contributed by atoms with Crippen LogP contribution in [0.15, 0.2) is 36.7 Å². The van der Waals surface area contributed by atoms with Gasteiger partial charge in [-0.2, -0.15) is 0 Å². The summed E-state index contributed by atoms with van der Waals surface area (Å²) < 4.78 is 0. The van der Waals surface area contributed by atoms with E-state index in [1.54, 1.807) is 24.3 Å². The molecule has 0 amide bonds. The number of carboxylic acid groups (broad SMARTS) is 1. The Morgan fingerprint density at radius 2 is 1.48 bits per heavy atom. The molecule has 1 N–H and O–H groups in total. The van der Waals surface area contributed by atoms with Crippen molar-refractivity contribution in [2.24, 2.45) is 0 Å². The number of hydrogen-bond acceptors (Lipinski definition) is 3. The van der Waals surface area contributed by atoms with Gasteiger partial charge in [-0.3, -0.25) is 0 Å². The largest absolute Gasteiger partial charge is 0.478 e. The van der Waals surface area contributed by atoms with E-state index in [2.05, 4.69) is 16.9 Å². The summed E-state index contributed by atoms with van der Waals surface area (Å²) in [5.74, 6) is -0.289. The van der Waals surface area contributed by atoms with Crippen LogP contribution in [-0.2, 0) is 6.42 Å². The number of hydrogen-bond donors (Lipinski definition) is 1. The first-order valence-corrected chi connectivity index (χ1v) is 8.85. The molecule has 2 aromatic rings. The molecular weight excluding hydrogens is 336 g/mol. The summed E-state index contributed by atoms with van der Waals surface area (Å²) in [7, 11) is 0. The van der Waals surface area contributed by atoms with E-state index in [-0.39, 0.29) is 18.0 Å². The van der Waals surface area contributed by atoms with E-state index in [1.807, 2.05) is 12.4 Å².